The van der Waals surface area contributed by atoms with Crippen LogP contribution < -0.4 is 0 Å². The number of hydrogen-bond donors (Lipinski definition) is 2. The topological polar surface area (TPSA) is 37.3 Å². The summed E-state index contributed by atoms with van der Waals surface area (Å²) in [6, 6.07) is 0. The molecule has 1 atom stereocenters. The summed E-state index contributed by atoms with van der Waals surface area (Å²) in [7, 11) is 0. The SMILES string of the molecule is C=CCC(S)(CC(=O)O)SC=CC. The summed E-state index contributed by atoms with van der Waals surface area (Å²) in [5.41, 5.74) is 0. The smallest absolute Gasteiger partial charge is 0.305 e. The van der Waals surface area contributed by atoms with Crippen molar-refractivity contribution >= 4 is 30.4 Å². The average molecular weight is 218 g/mol. The van der Waals surface area contributed by atoms with Crippen molar-refractivity contribution in [2.24, 2.45) is 0 Å². The number of allylic oxidation sites excluding steroid dienone is 2. The normalized spacial score (nSPS) is 15.5. The molecule has 1 unspecified atom stereocenters. The van der Waals surface area contributed by atoms with E-state index in [2.05, 4.69) is 19.2 Å². The van der Waals surface area contributed by atoms with Gasteiger partial charge in [0.25, 0.3) is 0 Å². The summed E-state index contributed by atoms with van der Waals surface area (Å²) in [6.45, 7) is 5.47. The Labute approximate surface area is 88.5 Å². The maximum Gasteiger partial charge on any atom is 0.305 e. The lowest BCUT2D eigenvalue weighted by Crippen LogP contribution is -2.19. The van der Waals surface area contributed by atoms with Gasteiger partial charge in [-0.25, -0.2) is 0 Å². The van der Waals surface area contributed by atoms with E-state index in [0.717, 1.165) is 0 Å². The minimum absolute atomic E-state index is 0.0249. The van der Waals surface area contributed by atoms with E-state index in [1.54, 1.807) is 6.08 Å². The molecular formula is C9H14O2S2. The molecule has 0 bridgehead atoms. The first-order chi connectivity index (χ1) is 6.04. The molecule has 0 saturated carbocycles. The lowest BCUT2D eigenvalue weighted by molar-refractivity contribution is -0.137. The van der Waals surface area contributed by atoms with Gasteiger partial charge in [-0.15, -0.1) is 18.3 Å². The van der Waals surface area contributed by atoms with Crippen molar-refractivity contribution < 1.29 is 9.90 Å². The van der Waals surface area contributed by atoms with Crippen LogP contribution in [0.4, 0.5) is 0 Å². The third-order valence-corrected chi connectivity index (χ3v) is 3.13. The van der Waals surface area contributed by atoms with E-state index in [1.165, 1.54) is 11.8 Å². The average Bonchev–Trinajstić information content (AvgIpc) is 2.00. The number of carboxylic acids is 1. The molecule has 0 aromatic rings. The molecule has 0 saturated heterocycles. The number of carboxylic acid groups (broad SMARTS) is 1. The third-order valence-electron chi connectivity index (χ3n) is 1.31. The second-order valence-electron chi connectivity index (χ2n) is 2.60. The Hall–Kier alpha value is -0.350. The van der Waals surface area contributed by atoms with Crippen molar-refractivity contribution in [1.29, 1.82) is 0 Å². The highest BCUT2D eigenvalue weighted by Gasteiger charge is 2.26. The summed E-state index contributed by atoms with van der Waals surface area (Å²) in [5.74, 6) is -0.839. The first kappa shape index (κ1) is 12.7. The summed E-state index contributed by atoms with van der Waals surface area (Å²) in [6.07, 6.45) is 4.14. The largest absolute Gasteiger partial charge is 0.481 e. The van der Waals surface area contributed by atoms with Crippen molar-refractivity contribution in [1.82, 2.24) is 0 Å². The molecule has 0 fully saturated rings. The molecule has 13 heavy (non-hydrogen) atoms. The van der Waals surface area contributed by atoms with Crippen LogP contribution in [-0.4, -0.2) is 15.2 Å². The van der Waals surface area contributed by atoms with Crippen LogP contribution in [0.2, 0.25) is 0 Å². The van der Waals surface area contributed by atoms with Gasteiger partial charge < -0.3 is 5.11 Å². The van der Waals surface area contributed by atoms with Crippen LogP contribution in [0.25, 0.3) is 0 Å². The molecule has 4 heteroatoms. The first-order valence-electron chi connectivity index (χ1n) is 3.88. The van der Waals surface area contributed by atoms with E-state index < -0.39 is 10.0 Å². The molecule has 0 aliphatic rings. The first-order valence-corrected chi connectivity index (χ1v) is 5.21. The highest BCUT2D eigenvalue weighted by molar-refractivity contribution is 8.13. The van der Waals surface area contributed by atoms with Crippen LogP contribution in [0.1, 0.15) is 19.8 Å². The van der Waals surface area contributed by atoms with E-state index in [-0.39, 0.29) is 6.42 Å². The Kier molecular flexibility index (Phi) is 5.99. The van der Waals surface area contributed by atoms with Crippen molar-refractivity contribution in [3.05, 3.63) is 24.1 Å². The van der Waals surface area contributed by atoms with Gasteiger partial charge in [0.2, 0.25) is 0 Å². The standard InChI is InChI=1S/C9H14O2S2/c1-3-5-9(12,7-8(10)11)13-6-4-2/h3-4,6,12H,1,5,7H2,2H3,(H,10,11). The molecule has 0 heterocycles. The quantitative estimate of drug-likeness (QED) is 0.409. The highest BCUT2D eigenvalue weighted by Crippen LogP contribution is 2.37. The summed E-state index contributed by atoms with van der Waals surface area (Å²) < 4.78 is -0.569. The van der Waals surface area contributed by atoms with Gasteiger partial charge in [-0.2, -0.15) is 12.6 Å². The van der Waals surface area contributed by atoms with Gasteiger partial charge in [-0.05, 0) is 18.8 Å². The molecule has 0 aliphatic heterocycles. The van der Waals surface area contributed by atoms with Gasteiger partial charge >= 0.3 is 5.97 Å². The number of rotatable bonds is 6. The maximum absolute atomic E-state index is 10.5. The summed E-state index contributed by atoms with van der Waals surface area (Å²) in [4.78, 5) is 10.5. The number of carbonyl (C=O) groups is 1. The Bertz CT molecular complexity index is 214. The fraction of sp³-hybridized carbons (Fsp3) is 0.444. The van der Waals surface area contributed by atoms with Gasteiger partial charge in [0.1, 0.15) is 0 Å². The molecule has 0 spiro atoms. The zero-order valence-corrected chi connectivity index (χ0v) is 9.28. The van der Waals surface area contributed by atoms with Crippen LogP contribution in [0.15, 0.2) is 24.1 Å². The molecule has 74 valence electrons. The number of thiol groups is 1. The number of aliphatic carboxylic acids is 1. The minimum Gasteiger partial charge on any atom is -0.481 e. The lowest BCUT2D eigenvalue weighted by Gasteiger charge is -2.22. The fourth-order valence-electron chi connectivity index (χ4n) is 0.818. The Morgan fingerprint density at radius 2 is 2.38 bits per heavy atom. The Morgan fingerprint density at radius 1 is 1.77 bits per heavy atom. The van der Waals surface area contributed by atoms with E-state index in [0.29, 0.717) is 6.42 Å². The molecule has 0 aromatic carbocycles. The lowest BCUT2D eigenvalue weighted by atomic mass is 10.2. The van der Waals surface area contributed by atoms with Crippen LogP contribution in [-0.2, 0) is 4.79 Å². The minimum atomic E-state index is -0.839. The highest BCUT2D eigenvalue weighted by atomic mass is 32.2. The van der Waals surface area contributed by atoms with Crippen LogP contribution in [0.5, 0.6) is 0 Å². The van der Waals surface area contributed by atoms with E-state index in [9.17, 15) is 4.79 Å². The zero-order valence-electron chi connectivity index (χ0n) is 7.56. The van der Waals surface area contributed by atoms with E-state index in [1.807, 2.05) is 18.4 Å². The molecule has 2 nitrogen and oxygen atoms in total. The predicted molar refractivity (Wildman–Crippen MR) is 61.2 cm³/mol. The van der Waals surface area contributed by atoms with Gasteiger partial charge in [-0.1, -0.05) is 12.2 Å². The molecule has 0 amide bonds. The predicted octanol–water partition coefficient (Wildman–Crippen LogP) is 2.93. The van der Waals surface area contributed by atoms with E-state index >= 15 is 0 Å². The van der Waals surface area contributed by atoms with Crippen molar-refractivity contribution in [3.8, 4) is 0 Å². The molecule has 0 aliphatic carbocycles. The van der Waals surface area contributed by atoms with E-state index in [4.69, 9.17) is 5.11 Å². The second-order valence-corrected chi connectivity index (χ2v) is 5.04. The van der Waals surface area contributed by atoms with Gasteiger partial charge in [0.15, 0.2) is 0 Å². The monoisotopic (exact) mass is 218 g/mol. The molecule has 1 N–H and O–H groups in total. The molecule has 0 aromatic heterocycles. The molecular weight excluding hydrogens is 204 g/mol. The van der Waals surface area contributed by atoms with Crippen molar-refractivity contribution in [2.45, 2.75) is 23.8 Å². The molecule has 0 radical (unpaired) electrons. The van der Waals surface area contributed by atoms with Gasteiger partial charge in [0.05, 0.1) is 10.5 Å². The second kappa shape index (κ2) is 6.16. The summed E-state index contributed by atoms with van der Waals surface area (Å²) in [5, 5.41) is 10.5. The van der Waals surface area contributed by atoms with Crippen molar-refractivity contribution in [2.75, 3.05) is 0 Å². The van der Waals surface area contributed by atoms with Crippen LogP contribution >= 0.6 is 24.4 Å². The zero-order chi connectivity index (χ0) is 10.3. The number of thioether (sulfide) groups is 1. The maximum atomic E-state index is 10.5. The van der Waals surface area contributed by atoms with Gasteiger partial charge in [-0.3, -0.25) is 4.79 Å². The Morgan fingerprint density at radius 3 is 2.77 bits per heavy atom. The van der Waals surface area contributed by atoms with Gasteiger partial charge in [0, 0.05) is 0 Å². The third kappa shape index (κ3) is 5.82. The van der Waals surface area contributed by atoms with Crippen LogP contribution in [0, 0.1) is 0 Å². The fourth-order valence-corrected chi connectivity index (χ4v) is 2.08. The van der Waals surface area contributed by atoms with Crippen LogP contribution in [0.3, 0.4) is 0 Å². The Balaban J connectivity index is 4.31. The summed E-state index contributed by atoms with van der Waals surface area (Å²) >= 11 is 5.74. The number of hydrogen-bond acceptors (Lipinski definition) is 3. The van der Waals surface area contributed by atoms with Crippen molar-refractivity contribution in [3.63, 3.8) is 0 Å². The molecule has 0 rings (SSSR count).